The summed E-state index contributed by atoms with van der Waals surface area (Å²) in [5.74, 6) is 2.13. The van der Waals surface area contributed by atoms with Gasteiger partial charge in [0.05, 0.1) is 25.5 Å². The number of methoxy groups -OCH3 is 2. The average Bonchev–Trinajstić information content (AvgIpc) is 2.92. The molecule has 0 saturated carbocycles. The molecule has 0 saturated heterocycles. The van der Waals surface area contributed by atoms with Gasteiger partial charge in [0.15, 0.2) is 5.76 Å². The van der Waals surface area contributed by atoms with Gasteiger partial charge in [-0.05, 0) is 18.7 Å². The molecule has 5 heteroatoms. The SMILES string of the molecule is CCNCc1cc(-c2ccc(OC)cc2OC)on1. The van der Waals surface area contributed by atoms with Crippen molar-refractivity contribution in [1.82, 2.24) is 10.5 Å². The van der Waals surface area contributed by atoms with Gasteiger partial charge in [-0.25, -0.2) is 0 Å². The van der Waals surface area contributed by atoms with E-state index in [-0.39, 0.29) is 0 Å². The summed E-state index contributed by atoms with van der Waals surface area (Å²) in [5.41, 5.74) is 1.73. The molecule has 0 spiro atoms. The van der Waals surface area contributed by atoms with Gasteiger partial charge in [-0.1, -0.05) is 12.1 Å². The zero-order valence-corrected chi connectivity index (χ0v) is 11.4. The predicted octanol–water partition coefficient (Wildman–Crippen LogP) is 2.47. The Morgan fingerprint density at radius 1 is 1.21 bits per heavy atom. The Labute approximate surface area is 112 Å². The standard InChI is InChI=1S/C14H18N2O3/c1-4-15-9-10-7-14(19-16-10)12-6-5-11(17-2)8-13(12)18-3/h5-8,15H,4,9H2,1-3H3. The molecule has 0 unspecified atom stereocenters. The van der Waals surface area contributed by atoms with E-state index < -0.39 is 0 Å². The van der Waals surface area contributed by atoms with Gasteiger partial charge in [-0.3, -0.25) is 0 Å². The van der Waals surface area contributed by atoms with Gasteiger partial charge >= 0.3 is 0 Å². The minimum atomic E-state index is 0.687. The van der Waals surface area contributed by atoms with Gasteiger partial charge in [-0.15, -0.1) is 0 Å². The van der Waals surface area contributed by atoms with E-state index in [0.717, 1.165) is 23.6 Å². The summed E-state index contributed by atoms with van der Waals surface area (Å²) in [5, 5.41) is 7.23. The first kappa shape index (κ1) is 13.4. The minimum absolute atomic E-state index is 0.687. The quantitative estimate of drug-likeness (QED) is 0.866. The Bertz CT molecular complexity index is 537. The van der Waals surface area contributed by atoms with Gasteiger partial charge < -0.3 is 19.3 Å². The van der Waals surface area contributed by atoms with Crippen molar-refractivity contribution in [2.24, 2.45) is 0 Å². The lowest BCUT2D eigenvalue weighted by molar-refractivity contribution is 0.390. The number of nitrogens with one attached hydrogen (secondary N) is 1. The number of ether oxygens (including phenoxy) is 2. The molecule has 0 aliphatic heterocycles. The average molecular weight is 262 g/mol. The van der Waals surface area contributed by atoms with Gasteiger partial charge in [0.2, 0.25) is 0 Å². The zero-order valence-electron chi connectivity index (χ0n) is 11.4. The van der Waals surface area contributed by atoms with E-state index in [1.807, 2.05) is 31.2 Å². The number of rotatable bonds is 6. The molecule has 1 heterocycles. The van der Waals surface area contributed by atoms with Gasteiger partial charge in [-0.2, -0.15) is 0 Å². The van der Waals surface area contributed by atoms with E-state index in [1.54, 1.807) is 14.2 Å². The summed E-state index contributed by atoms with van der Waals surface area (Å²) in [4.78, 5) is 0. The summed E-state index contributed by atoms with van der Waals surface area (Å²) < 4.78 is 15.9. The van der Waals surface area contributed by atoms with Crippen LogP contribution in [0.2, 0.25) is 0 Å². The fraction of sp³-hybridized carbons (Fsp3) is 0.357. The van der Waals surface area contributed by atoms with E-state index in [1.165, 1.54) is 0 Å². The minimum Gasteiger partial charge on any atom is -0.497 e. The van der Waals surface area contributed by atoms with Crippen LogP contribution in [0.15, 0.2) is 28.8 Å². The molecular weight excluding hydrogens is 244 g/mol. The van der Waals surface area contributed by atoms with E-state index in [0.29, 0.717) is 18.1 Å². The fourth-order valence-corrected chi connectivity index (χ4v) is 1.78. The molecule has 0 radical (unpaired) electrons. The highest BCUT2D eigenvalue weighted by Crippen LogP contribution is 2.33. The Kier molecular flexibility index (Phi) is 4.41. The van der Waals surface area contributed by atoms with Crippen molar-refractivity contribution in [3.05, 3.63) is 30.0 Å². The number of hydrogen-bond acceptors (Lipinski definition) is 5. The monoisotopic (exact) mass is 262 g/mol. The van der Waals surface area contributed by atoms with Crippen molar-refractivity contribution in [2.45, 2.75) is 13.5 Å². The molecule has 0 bridgehead atoms. The second-order valence-electron chi connectivity index (χ2n) is 4.03. The first-order chi connectivity index (χ1) is 9.28. The summed E-state index contributed by atoms with van der Waals surface area (Å²) in [7, 11) is 3.24. The number of benzene rings is 1. The van der Waals surface area contributed by atoms with Crippen molar-refractivity contribution in [3.8, 4) is 22.8 Å². The van der Waals surface area contributed by atoms with Crippen LogP contribution in [0.4, 0.5) is 0 Å². The van der Waals surface area contributed by atoms with Crippen LogP contribution in [0, 0.1) is 0 Å². The van der Waals surface area contributed by atoms with Gasteiger partial charge in [0.25, 0.3) is 0 Å². The highest BCUT2D eigenvalue weighted by Gasteiger charge is 2.12. The molecule has 5 nitrogen and oxygen atoms in total. The van der Waals surface area contributed by atoms with Crippen LogP contribution in [0.5, 0.6) is 11.5 Å². The van der Waals surface area contributed by atoms with Crippen LogP contribution >= 0.6 is 0 Å². The third-order valence-electron chi connectivity index (χ3n) is 2.79. The van der Waals surface area contributed by atoms with Crippen LogP contribution in [-0.2, 0) is 6.54 Å². The lowest BCUT2D eigenvalue weighted by atomic mass is 10.1. The summed E-state index contributed by atoms with van der Waals surface area (Å²) in [6, 6.07) is 7.49. The van der Waals surface area contributed by atoms with E-state index in [4.69, 9.17) is 14.0 Å². The zero-order chi connectivity index (χ0) is 13.7. The van der Waals surface area contributed by atoms with E-state index in [9.17, 15) is 0 Å². The third-order valence-corrected chi connectivity index (χ3v) is 2.79. The molecule has 0 atom stereocenters. The highest BCUT2D eigenvalue weighted by atomic mass is 16.5. The molecule has 0 aliphatic carbocycles. The Morgan fingerprint density at radius 2 is 2.05 bits per heavy atom. The number of hydrogen-bond donors (Lipinski definition) is 1. The number of nitrogens with zero attached hydrogens (tertiary/aromatic N) is 1. The van der Waals surface area contributed by atoms with Crippen molar-refractivity contribution in [2.75, 3.05) is 20.8 Å². The summed E-state index contributed by atoms with van der Waals surface area (Å²) in [6.07, 6.45) is 0. The first-order valence-corrected chi connectivity index (χ1v) is 6.17. The van der Waals surface area contributed by atoms with Crippen molar-refractivity contribution >= 4 is 0 Å². The lowest BCUT2D eigenvalue weighted by Gasteiger charge is -2.07. The van der Waals surface area contributed by atoms with Crippen molar-refractivity contribution < 1.29 is 14.0 Å². The van der Waals surface area contributed by atoms with Gasteiger partial charge in [0.1, 0.15) is 11.5 Å². The third kappa shape index (κ3) is 3.06. The second-order valence-corrected chi connectivity index (χ2v) is 4.03. The molecule has 1 N–H and O–H groups in total. The fourth-order valence-electron chi connectivity index (χ4n) is 1.78. The van der Waals surface area contributed by atoms with Crippen molar-refractivity contribution in [3.63, 3.8) is 0 Å². The lowest BCUT2D eigenvalue weighted by Crippen LogP contribution is -2.11. The molecule has 0 aliphatic rings. The predicted molar refractivity (Wildman–Crippen MR) is 72.4 cm³/mol. The summed E-state index contributed by atoms with van der Waals surface area (Å²) >= 11 is 0. The molecule has 0 fully saturated rings. The molecule has 1 aromatic carbocycles. The Balaban J connectivity index is 2.27. The maximum atomic E-state index is 5.35. The summed E-state index contributed by atoms with van der Waals surface area (Å²) in [6.45, 7) is 3.64. The second kappa shape index (κ2) is 6.24. The highest BCUT2D eigenvalue weighted by molar-refractivity contribution is 5.67. The molecule has 102 valence electrons. The van der Waals surface area contributed by atoms with E-state index in [2.05, 4.69) is 10.5 Å². The maximum Gasteiger partial charge on any atom is 0.170 e. The molecule has 0 amide bonds. The van der Waals surface area contributed by atoms with Crippen molar-refractivity contribution in [1.29, 1.82) is 0 Å². The number of aromatic nitrogens is 1. The topological polar surface area (TPSA) is 56.5 Å². The molecule has 19 heavy (non-hydrogen) atoms. The van der Waals surface area contributed by atoms with Crippen LogP contribution < -0.4 is 14.8 Å². The first-order valence-electron chi connectivity index (χ1n) is 6.17. The van der Waals surface area contributed by atoms with E-state index >= 15 is 0 Å². The normalized spacial score (nSPS) is 10.5. The Morgan fingerprint density at radius 3 is 2.74 bits per heavy atom. The van der Waals surface area contributed by atoms with Gasteiger partial charge in [0, 0.05) is 18.7 Å². The smallest absolute Gasteiger partial charge is 0.170 e. The molecular formula is C14H18N2O3. The van der Waals surface area contributed by atoms with Crippen LogP contribution in [0.1, 0.15) is 12.6 Å². The van der Waals surface area contributed by atoms with Crippen LogP contribution in [0.3, 0.4) is 0 Å². The Hall–Kier alpha value is -2.01. The molecule has 2 aromatic rings. The molecule has 1 aromatic heterocycles. The molecule has 2 rings (SSSR count). The van der Waals surface area contributed by atoms with Crippen LogP contribution in [-0.4, -0.2) is 25.9 Å². The largest absolute Gasteiger partial charge is 0.497 e. The van der Waals surface area contributed by atoms with Crippen LogP contribution in [0.25, 0.3) is 11.3 Å². The maximum absolute atomic E-state index is 5.35.